The van der Waals surface area contributed by atoms with Crippen LogP contribution in [0.25, 0.3) is 0 Å². The number of nitriles is 1. The number of nitro benzene ring substituents is 1. The van der Waals surface area contributed by atoms with Crippen molar-refractivity contribution < 1.29 is 9.72 Å². The molecule has 0 aliphatic carbocycles. The summed E-state index contributed by atoms with van der Waals surface area (Å²) in [6.45, 7) is 2.78. The van der Waals surface area contributed by atoms with E-state index in [2.05, 4.69) is 0 Å². The molecule has 6 nitrogen and oxygen atoms in total. The number of carbonyl (C=O) groups is 1. The fourth-order valence-electron chi connectivity index (χ4n) is 2.24. The van der Waals surface area contributed by atoms with Gasteiger partial charge in [0, 0.05) is 31.5 Å². The third kappa shape index (κ3) is 2.55. The Morgan fingerprint density at radius 2 is 2.26 bits per heavy atom. The molecule has 1 saturated heterocycles. The Morgan fingerprint density at radius 1 is 1.53 bits per heavy atom. The van der Waals surface area contributed by atoms with Crippen molar-refractivity contribution in [2.45, 2.75) is 13.3 Å². The van der Waals surface area contributed by atoms with E-state index in [1.165, 1.54) is 6.07 Å². The van der Waals surface area contributed by atoms with Crippen molar-refractivity contribution in [3.8, 4) is 6.07 Å². The Labute approximate surface area is 110 Å². The Bertz CT molecular complexity index is 577. The number of rotatable bonds is 2. The van der Waals surface area contributed by atoms with Crippen molar-refractivity contribution in [3.05, 3.63) is 33.9 Å². The van der Waals surface area contributed by atoms with Gasteiger partial charge in [0.1, 0.15) is 11.5 Å². The molecule has 19 heavy (non-hydrogen) atoms. The fourth-order valence-corrected chi connectivity index (χ4v) is 2.24. The molecule has 1 aromatic rings. The first-order valence-electron chi connectivity index (χ1n) is 5.99. The molecule has 0 N–H and O–H groups in total. The molecule has 1 aliphatic rings. The Hall–Kier alpha value is -2.42. The van der Waals surface area contributed by atoms with Crippen molar-refractivity contribution in [1.82, 2.24) is 0 Å². The molecule has 1 heterocycles. The molecule has 1 unspecified atom stereocenters. The summed E-state index contributed by atoms with van der Waals surface area (Å²) >= 11 is 0. The van der Waals surface area contributed by atoms with Crippen LogP contribution in [-0.4, -0.2) is 23.8 Å². The number of hydrogen-bond acceptors (Lipinski definition) is 5. The molecular weight excluding hydrogens is 246 g/mol. The van der Waals surface area contributed by atoms with Crippen LogP contribution in [0.15, 0.2) is 18.2 Å². The van der Waals surface area contributed by atoms with Gasteiger partial charge in [-0.1, -0.05) is 6.92 Å². The van der Waals surface area contributed by atoms with Gasteiger partial charge in [0.05, 0.1) is 16.6 Å². The van der Waals surface area contributed by atoms with E-state index in [9.17, 15) is 14.9 Å². The minimum atomic E-state index is -0.489. The number of benzene rings is 1. The number of piperidine rings is 1. The maximum Gasteiger partial charge on any atom is 0.293 e. The lowest BCUT2D eigenvalue weighted by Crippen LogP contribution is -2.39. The van der Waals surface area contributed by atoms with Crippen LogP contribution in [0.2, 0.25) is 0 Å². The van der Waals surface area contributed by atoms with Crippen LogP contribution < -0.4 is 4.90 Å². The molecule has 0 radical (unpaired) electrons. The molecule has 1 aliphatic heterocycles. The van der Waals surface area contributed by atoms with Crippen LogP contribution in [0.3, 0.4) is 0 Å². The second-order valence-electron chi connectivity index (χ2n) is 4.64. The average Bonchev–Trinajstić information content (AvgIpc) is 2.41. The molecule has 2 rings (SSSR count). The quantitative estimate of drug-likeness (QED) is 0.597. The normalized spacial score (nSPS) is 19.1. The van der Waals surface area contributed by atoms with E-state index in [0.29, 0.717) is 25.2 Å². The number of carbonyl (C=O) groups excluding carboxylic acids is 1. The minimum Gasteiger partial charge on any atom is -0.365 e. The zero-order valence-corrected chi connectivity index (χ0v) is 10.5. The van der Waals surface area contributed by atoms with E-state index in [0.717, 1.165) is 0 Å². The smallest absolute Gasteiger partial charge is 0.293 e. The third-order valence-corrected chi connectivity index (χ3v) is 3.31. The third-order valence-electron chi connectivity index (χ3n) is 3.31. The van der Waals surface area contributed by atoms with E-state index >= 15 is 0 Å². The predicted molar refractivity (Wildman–Crippen MR) is 68.8 cm³/mol. The summed E-state index contributed by atoms with van der Waals surface area (Å²) in [7, 11) is 0. The molecule has 98 valence electrons. The van der Waals surface area contributed by atoms with Crippen molar-refractivity contribution in [1.29, 1.82) is 5.26 Å². The van der Waals surface area contributed by atoms with Crippen LogP contribution in [0.1, 0.15) is 18.9 Å². The number of anilines is 1. The molecule has 0 bridgehead atoms. The highest BCUT2D eigenvalue weighted by atomic mass is 16.6. The molecule has 1 atom stereocenters. The van der Waals surface area contributed by atoms with Crippen LogP contribution in [0, 0.1) is 27.4 Å². The first-order valence-corrected chi connectivity index (χ1v) is 5.99. The van der Waals surface area contributed by atoms with E-state index in [1.54, 1.807) is 12.1 Å². The zero-order chi connectivity index (χ0) is 14.0. The first kappa shape index (κ1) is 13.0. The summed E-state index contributed by atoms with van der Waals surface area (Å²) in [5.41, 5.74) is 0.653. The number of hydrogen-bond donors (Lipinski definition) is 0. The highest BCUT2D eigenvalue weighted by Gasteiger charge is 2.27. The van der Waals surface area contributed by atoms with Gasteiger partial charge in [0.15, 0.2) is 0 Å². The molecular formula is C13H13N3O3. The Kier molecular flexibility index (Phi) is 3.47. The van der Waals surface area contributed by atoms with Crippen molar-refractivity contribution in [2.75, 3.05) is 18.0 Å². The summed E-state index contributed by atoms with van der Waals surface area (Å²) in [6.07, 6.45) is 0.401. The monoisotopic (exact) mass is 259 g/mol. The lowest BCUT2D eigenvalue weighted by Gasteiger charge is -2.31. The zero-order valence-electron chi connectivity index (χ0n) is 10.5. The molecule has 1 aromatic carbocycles. The van der Waals surface area contributed by atoms with Crippen LogP contribution in [0.4, 0.5) is 11.4 Å². The SMILES string of the molecule is CC1CN(c2ccc(C#N)cc2[N+](=O)[O-])CCC1=O. The Morgan fingerprint density at radius 3 is 2.84 bits per heavy atom. The largest absolute Gasteiger partial charge is 0.365 e. The second kappa shape index (κ2) is 5.06. The molecule has 1 fully saturated rings. The van der Waals surface area contributed by atoms with Crippen molar-refractivity contribution >= 4 is 17.2 Å². The van der Waals surface area contributed by atoms with Gasteiger partial charge in [-0.25, -0.2) is 0 Å². The maximum atomic E-state index is 11.5. The predicted octanol–water partition coefficient (Wildman–Crippen LogP) is 1.88. The first-order chi connectivity index (χ1) is 9.02. The summed E-state index contributed by atoms with van der Waals surface area (Å²) in [6, 6.07) is 6.31. The molecule has 6 heteroatoms. The number of Topliss-reactive ketones (excluding diaryl/α,β-unsaturated/α-hetero) is 1. The van der Waals surface area contributed by atoms with E-state index in [1.807, 2.05) is 17.9 Å². The van der Waals surface area contributed by atoms with Gasteiger partial charge in [0.25, 0.3) is 5.69 Å². The molecule has 0 amide bonds. The topological polar surface area (TPSA) is 87.2 Å². The molecule has 0 aromatic heterocycles. The van der Waals surface area contributed by atoms with Crippen LogP contribution >= 0.6 is 0 Å². The van der Waals surface area contributed by atoms with Gasteiger partial charge >= 0.3 is 0 Å². The van der Waals surface area contributed by atoms with Gasteiger partial charge in [-0.2, -0.15) is 5.26 Å². The van der Waals surface area contributed by atoms with E-state index < -0.39 is 4.92 Å². The molecule has 0 saturated carbocycles. The highest BCUT2D eigenvalue weighted by molar-refractivity contribution is 5.84. The van der Waals surface area contributed by atoms with Gasteiger partial charge in [-0.15, -0.1) is 0 Å². The summed E-state index contributed by atoms with van der Waals surface area (Å²) < 4.78 is 0. The fraction of sp³-hybridized carbons (Fsp3) is 0.385. The Balaban J connectivity index is 2.37. The number of ketones is 1. The lowest BCUT2D eigenvalue weighted by atomic mass is 9.97. The maximum absolute atomic E-state index is 11.5. The summed E-state index contributed by atoms with van der Waals surface area (Å²) in [5, 5.41) is 19.9. The lowest BCUT2D eigenvalue weighted by molar-refractivity contribution is -0.384. The van der Waals surface area contributed by atoms with Gasteiger partial charge in [0.2, 0.25) is 0 Å². The van der Waals surface area contributed by atoms with Gasteiger partial charge < -0.3 is 4.90 Å². The van der Waals surface area contributed by atoms with Gasteiger partial charge in [-0.3, -0.25) is 14.9 Å². The standard InChI is InChI=1S/C13H13N3O3/c1-9-8-15(5-4-13(9)17)11-3-2-10(7-14)6-12(11)16(18)19/h2-3,6,9H,4-5,8H2,1H3. The van der Waals surface area contributed by atoms with Crippen LogP contribution in [0.5, 0.6) is 0 Å². The summed E-state index contributed by atoms with van der Waals surface area (Å²) in [5.74, 6) is 0.0662. The number of nitrogens with zero attached hydrogens (tertiary/aromatic N) is 3. The van der Waals surface area contributed by atoms with E-state index in [-0.39, 0.29) is 23.0 Å². The van der Waals surface area contributed by atoms with Crippen LogP contribution in [-0.2, 0) is 4.79 Å². The van der Waals surface area contributed by atoms with Crippen molar-refractivity contribution in [2.24, 2.45) is 5.92 Å². The van der Waals surface area contributed by atoms with Gasteiger partial charge in [-0.05, 0) is 12.1 Å². The van der Waals surface area contributed by atoms with E-state index in [4.69, 9.17) is 5.26 Å². The summed E-state index contributed by atoms with van der Waals surface area (Å²) in [4.78, 5) is 23.9. The molecule has 0 spiro atoms. The minimum absolute atomic E-state index is 0.0828. The number of nitro groups is 1. The van der Waals surface area contributed by atoms with Crippen molar-refractivity contribution in [3.63, 3.8) is 0 Å². The average molecular weight is 259 g/mol. The second-order valence-corrected chi connectivity index (χ2v) is 4.64. The highest BCUT2D eigenvalue weighted by Crippen LogP contribution is 2.31.